The molecule has 186 valence electrons. The third-order valence-electron chi connectivity index (χ3n) is 5.40. The number of allylic oxidation sites excluding steroid dienone is 1. The molecule has 1 N–H and O–H groups in total. The lowest BCUT2D eigenvalue weighted by atomic mass is 9.99. The van der Waals surface area contributed by atoms with E-state index in [1.165, 1.54) is 12.3 Å². The van der Waals surface area contributed by atoms with Gasteiger partial charge in [-0.15, -0.1) is 0 Å². The zero-order valence-electron chi connectivity index (χ0n) is 20.8. The molecule has 1 aromatic heterocycles. The van der Waals surface area contributed by atoms with Crippen LogP contribution >= 0.6 is 0 Å². The number of hydrogen-bond acceptors (Lipinski definition) is 6. The summed E-state index contributed by atoms with van der Waals surface area (Å²) in [6.45, 7) is 5.37. The minimum atomic E-state index is -0.402. The third kappa shape index (κ3) is 7.80. The lowest BCUT2D eigenvalue weighted by Gasteiger charge is -2.15. The quantitative estimate of drug-likeness (QED) is 0.289. The van der Waals surface area contributed by atoms with Crippen LogP contribution < -0.4 is 9.47 Å². The molecule has 35 heavy (non-hydrogen) atoms. The van der Waals surface area contributed by atoms with E-state index in [2.05, 4.69) is 9.88 Å². The Bertz CT molecular complexity index is 1120. The third-order valence-corrected chi connectivity index (χ3v) is 5.40. The van der Waals surface area contributed by atoms with E-state index in [1.807, 2.05) is 58.3 Å². The number of ether oxygens (including phenoxy) is 3. The van der Waals surface area contributed by atoms with Gasteiger partial charge in [0.05, 0.1) is 12.0 Å². The summed E-state index contributed by atoms with van der Waals surface area (Å²) in [6.07, 6.45) is 3.37. The van der Waals surface area contributed by atoms with Gasteiger partial charge in [-0.2, -0.15) is 0 Å². The average Bonchev–Trinajstić information content (AvgIpc) is 2.81. The number of benzene rings is 2. The number of aryl methyl sites for hydroxylation is 2. The monoisotopic (exact) mass is 480 g/mol. The molecule has 0 bridgehead atoms. The first-order valence-corrected chi connectivity index (χ1v) is 11.5. The molecule has 0 atom stereocenters. The first-order chi connectivity index (χ1) is 16.9. The highest BCUT2D eigenvalue weighted by Gasteiger charge is 2.11. The van der Waals surface area contributed by atoms with E-state index in [0.717, 1.165) is 34.7 Å². The molecular weight excluding hydrogens is 447 g/mol. The molecule has 0 saturated heterocycles. The van der Waals surface area contributed by atoms with Crippen LogP contribution in [0.4, 0.5) is 4.39 Å². The second kappa shape index (κ2) is 12.9. The Morgan fingerprint density at radius 3 is 2.49 bits per heavy atom. The summed E-state index contributed by atoms with van der Waals surface area (Å²) in [5.41, 5.74) is 5.25. The number of nitrogens with zero attached hydrogens (tertiary/aromatic N) is 2. The molecule has 1 heterocycles. The predicted molar refractivity (Wildman–Crippen MR) is 135 cm³/mol. The molecule has 6 nitrogen and oxygen atoms in total. The molecule has 0 aliphatic rings. The van der Waals surface area contributed by atoms with E-state index in [0.29, 0.717) is 30.0 Å². The number of rotatable bonds is 12. The van der Waals surface area contributed by atoms with Crippen molar-refractivity contribution in [3.63, 3.8) is 0 Å². The Kier molecular flexibility index (Phi) is 9.64. The van der Waals surface area contributed by atoms with Crippen molar-refractivity contribution in [1.29, 1.82) is 0 Å². The maximum atomic E-state index is 14.4. The first kappa shape index (κ1) is 26.2. The van der Waals surface area contributed by atoms with Crippen molar-refractivity contribution in [2.24, 2.45) is 0 Å². The molecule has 3 rings (SSSR count). The normalized spacial score (nSPS) is 11.3. The van der Waals surface area contributed by atoms with E-state index < -0.39 is 6.79 Å². The van der Waals surface area contributed by atoms with Gasteiger partial charge in [0.1, 0.15) is 24.8 Å². The van der Waals surface area contributed by atoms with E-state index in [1.54, 1.807) is 18.2 Å². The van der Waals surface area contributed by atoms with E-state index >= 15 is 0 Å². The molecule has 7 heteroatoms. The second-order valence-corrected chi connectivity index (χ2v) is 8.53. The molecule has 0 fully saturated rings. The van der Waals surface area contributed by atoms with Crippen LogP contribution in [0.3, 0.4) is 0 Å². The largest absolute Gasteiger partial charge is 0.492 e. The van der Waals surface area contributed by atoms with Crippen LogP contribution in [0.5, 0.6) is 11.6 Å². The van der Waals surface area contributed by atoms with E-state index in [4.69, 9.17) is 19.3 Å². The highest BCUT2D eigenvalue weighted by molar-refractivity contribution is 5.69. The van der Waals surface area contributed by atoms with Gasteiger partial charge < -0.3 is 24.2 Å². The maximum Gasteiger partial charge on any atom is 0.214 e. The Morgan fingerprint density at radius 2 is 1.80 bits per heavy atom. The fourth-order valence-electron chi connectivity index (χ4n) is 3.68. The summed E-state index contributed by atoms with van der Waals surface area (Å²) in [6, 6.07) is 14.7. The molecule has 2 aromatic carbocycles. The molecular formula is C28H33FN2O4. The lowest BCUT2D eigenvalue weighted by Crippen LogP contribution is -2.19. The van der Waals surface area contributed by atoms with Crippen molar-refractivity contribution < 1.29 is 23.7 Å². The van der Waals surface area contributed by atoms with Crippen LogP contribution in [-0.2, 0) is 17.8 Å². The molecule has 0 aliphatic heterocycles. The van der Waals surface area contributed by atoms with Gasteiger partial charge in [-0.3, -0.25) is 0 Å². The number of aromatic nitrogens is 1. The van der Waals surface area contributed by atoms with Gasteiger partial charge >= 0.3 is 0 Å². The minimum absolute atomic E-state index is 0.202. The number of hydrogen-bond donors (Lipinski definition) is 1. The first-order valence-electron chi connectivity index (χ1n) is 11.5. The smallest absolute Gasteiger partial charge is 0.214 e. The fraction of sp³-hybridized carbons (Fsp3) is 0.321. The number of likely N-dealkylation sites (N-methyl/N-ethyl adjacent to an activating group) is 1. The second-order valence-electron chi connectivity index (χ2n) is 8.53. The predicted octanol–water partition coefficient (Wildman–Crippen LogP) is 5.05. The molecule has 0 amide bonds. The molecule has 0 aliphatic carbocycles. The SMILES string of the molecule is Cc1cc(OCCN(C)C)cc(C)c1-c1cccc(OCc2ccc(C/C=C\OCO)c(F)c2)n1. The van der Waals surface area contributed by atoms with Gasteiger partial charge in [-0.05, 0) is 87.0 Å². The summed E-state index contributed by atoms with van der Waals surface area (Å²) in [5.74, 6) is 1.00. The fourth-order valence-corrected chi connectivity index (χ4v) is 3.68. The molecule has 0 unspecified atom stereocenters. The number of aliphatic hydroxyl groups is 1. The summed E-state index contributed by atoms with van der Waals surface area (Å²) in [4.78, 5) is 6.77. The van der Waals surface area contributed by atoms with Gasteiger partial charge in [0, 0.05) is 18.2 Å². The van der Waals surface area contributed by atoms with Gasteiger partial charge in [-0.25, -0.2) is 9.37 Å². The maximum absolute atomic E-state index is 14.4. The van der Waals surface area contributed by atoms with Crippen molar-refractivity contribution >= 4 is 0 Å². The summed E-state index contributed by atoms with van der Waals surface area (Å²) >= 11 is 0. The summed E-state index contributed by atoms with van der Waals surface area (Å²) in [5, 5.41) is 8.60. The van der Waals surface area contributed by atoms with Gasteiger partial charge in [0.15, 0.2) is 6.79 Å². The molecule has 3 aromatic rings. The average molecular weight is 481 g/mol. The van der Waals surface area contributed by atoms with Crippen molar-refractivity contribution in [1.82, 2.24) is 9.88 Å². The van der Waals surface area contributed by atoms with E-state index in [-0.39, 0.29) is 12.4 Å². The molecule has 0 radical (unpaired) electrons. The summed E-state index contributed by atoms with van der Waals surface area (Å²) < 4.78 is 30.9. The topological polar surface area (TPSA) is 64.1 Å². The Balaban J connectivity index is 1.67. The van der Waals surface area contributed by atoms with Crippen LogP contribution in [0.2, 0.25) is 0 Å². The Morgan fingerprint density at radius 1 is 1.03 bits per heavy atom. The zero-order valence-corrected chi connectivity index (χ0v) is 20.8. The van der Waals surface area contributed by atoms with Crippen LogP contribution in [0, 0.1) is 19.7 Å². The van der Waals surface area contributed by atoms with Crippen LogP contribution in [0.25, 0.3) is 11.3 Å². The van der Waals surface area contributed by atoms with E-state index in [9.17, 15) is 4.39 Å². The van der Waals surface area contributed by atoms with Crippen molar-refractivity contribution in [2.45, 2.75) is 26.9 Å². The highest BCUT2D eigenvalue weighted by atomic mass is 19.1. The van der Waals surface area contributed by atoms with Crippen LogP contribution in [-0.4, -0.2) is 49.0 Å². The summed E-state index contributed by atoms with van der Waals surface area (Å²) in [7, 11) is 4.04. The van der Waals surface area contributed by atoms with Crippen LogP contribution in [0.15, 0.2) is 60.9 Å². The number of pyridine rings is 1. The highest BCUT2D eigenvalue weighted by Crippen LogP contribution is 2.31. The lowest BCUT2D eigenvalue weighted by molar-refractivity contribution is 0.0599. The van der Waals surface area contributed by atoms with Gasteiger partial charge in [0.25, 0.3) is 0 Å². The standard InChI is InChI=1S/C28H33FN2O4/c1-20-15-24(34-14-12-31(3)4)16-21(2)28(20)26-8-5-9-27(30-26)35-18-22-10-11-23(25(29)17-22)7-6-13-33-19-32/h5-6,8-11,13,15-17,32H,7,12,14,18-19H2,1-4H3/b13-6-. The number of aliphatic hydroxyl groups excluding tert-OH is 1. The molecule has 0 saturated carbocycles. The van der Waals surface area contributed by atoms with Crippen LogP contribution in [0.1, 0.15) is 22.3 Å². The van der Waals surface area contributed by atoms with Crippen molar-refractivity contribution in [2.75, 3.05) is 34.0 Å². The Hall–Kier alpha value is -3.42. The Labute approximate surface area is 206 Å². The van der Waals surface area contributed by atoms with Crippen molar-refractivity contribution in [3.05, 3.63) is 88.9 Å². The number of halogens is 1. The van der Waals surface area contributed by atoms with Crippen molar-refractivity contribution in [3.8, 4) is 22.9 Å². The van der Waals surface area contributed by atoms with Gasteiger partial charge in [0.2, 0.25) is 5.88 Å². The minimum Gasteiger partial charge on any atom is -0.492 e. The molecule has 0 spiro atoms. The van der Waals surface area contributed by atoms with Gasteiger partial charge in [-0.1, -0.05) is 18.2 Å². The zero-order chi connectivity index (χ0) is 25.2.